The van der Waals surface area contributed by atoms with Gasteiger partial charge in [0.25, 0.3) is 0 Å². The van der Waals surface area contributed by atoms with E-state index in [-0.39, 0.29) is 6.61 Å². The molecule has 0 radical (unpaired) electrons. The lowest BCUT2D eigenvalue weighted by Gasteiger charge is -2.38. The van der Waals surface area contributed by atoms with Crippen LogP contribution in [0.1, 0.15) is 25.7 Å². The molecular weight excluding hydrogens is 204 g/mol. The Morgan fingerprint density at radius 3 is 2.06 bits per heavy atom. The molecule has 0 spiro atoms. The van der Waals surface area contributed by atoms with Crippen LogP contribution < -0.4 is 0 Å². The van der Waals surface area contributed by atoms with Gasteiger partial charge in [0.2, 0.25) is 0 Å². The summed E-state index contributed by atoms with van der Waals surface area (Å²) < 4.78 is 0. The summed E-state index contributed by atoms with van der Waals surface area (Å²) in [5, 5.41) is 19.2. The Morgan fingerprint density at radius 2 is 1.50 bits per heavy atom. The van der Waals surface area contributed by atoms with Crippen LogP contribution in [0, 0.1) is 0 Å². The van der Waals surface area contributed by atoms with Gasteiger partial charge in [0.05, 0.1) is 12.2 Å². The van der Waals surface area contributed by atoms with Gasteiger partial charge in [0, 0.05) is 39.3 Å². The van der Waals surface area contributed by atoms with Gasteiger partial charge in [-0.05, 0) is 12.8 Å². The molecule has 1 aliphatic carbocycles. The van der Waals surface area contributed by atoms with E-state index in [1.54, 1.807) is 0 Å². The lowest BCUT2D eigenvalue weighted by atomic mass is 10.0. The average Bonchev–Trinajstić information content (AvgIpc) is 2.68. The van der Waals surface area contributed by atoms with Crippen molar-refractivity contribution in [1.82, 2.24) is 9.80 Å². The van der Waals surface area contributed by atoms with Crippen LogP contribution in [0.4, 0.5) is 0 Å². The predicted molar refractivity (Wildman–Crippen MR) is 63.4 cm³/mol. The third kappa shape index (κ3) is 3.17. The van der Waals surface area contributed by atoms with Gasteiger partial charge in [-0.15, -0.1) is 0 Å². The van der Waals surface area contributed by atoms with Gasteiger partial charge >= 0.3 is 0 Å². The summed E-state index contributed by atoms with van der Waals surface area (Å²) in [4.78, 5) is 4.66. The van der Waals surface area contributed by atoms with Crippen molar-refractivity contribution in [2.24, 2.45) is 0 Å². The van der Waals surface area contributed by atoms with Gasteiger partial charge < -0.3 is 10.2 Å². The second-order valence-corrected chi connectivity index (χ2v) is 5.27. The highest BCUT2D eigenvalue weighted by Crippen LogP contribution is 2.30. The topological polar surface area (TPSA) is 46.9 Å². The molecule has 1 heterocycles. The summed E-state index contributed by atoms with van der Waals surface area (Å²) >= 11 is 0. The molecule has 2 rings (SSSR count). The van der Waals surface area contributed by atoms with E-state index in [2.05, 4.69) is 9.80 Å². The van der Waals surface area contributed by atoms with Gasteiger partial charge in [-0.3, -0.25) is 9.80 Å². The fraction of sp³-hybridized carbons (Fsp3) is 1.00. The molecule has 4 heteroatoms. The average molecular weight is 228 g/mol. The van der Waals surface area contributed by atoms with E-state index in [1.807, 2.05) is 0 Å². The minimum Gasteiger partial charge on any atom is -0.395 e. The number of aliphatic hydroxyl groups is 2. The molecule has 2 fully saturated rings. The van der Waals surface area contributed by atoms with E-state index in [0.717, 1.165) is 52.1 Å². The Morgan fingerprint density at radius 1 is 0.938 bits per heavy atom. The molecule has 0 amide bonds. The minimum absolute atomic E-state index is 0.254. The Kier molecular flexibility index (Phi) is 4.19. The summed E-state index contributed by atoms with van der Waals surface area (Å²) in [5.74, 6) is 0. The molecule has 0 aromatic carbocycles. The monoisotopic (exact) mass is 228 g/mol. The number of nitrogens with zero attached hydrogens (tertiary/aromatic N) is 2. The molecular formula is C12H24N2O2. The second-order valence-electron chi connectivity index (χ2n) is 5.27. The van der Waals surface area contributed by atoms with Crippen molar-refractivity contribution in [3.63, 3.8) is 0 Å². The molecule has 0 bridgehead atoms. The highest BCUT2D eigenvalue weighted by atomic mass is 16.3. The quantitative estimate of drug-likeness (QED) is 0.705. The van der Waals surface area contributed by atoms with Crippen molar-refractivity contribution >= 4 is 0 Å². The van der Waals surface area contributed by atoms with Crippen molar-refractivity contribution in [3.05, 3.63) is 0 Å². The fourth-order valence-electron chi connectivity index (χ4n) is 2.92. The molecule has 0 aromatic rings. The molecule has 4 nitrogen and oxygen atoms in total. The maximum atomic E-state index is 10.3. The van der Waals surface area contributed by atoms with E-state index in [9.17, 15) is 5.11 Å². The number of aliphatic hydroxyl groups excluding tert-OH is 1. The SMILES string of the molecule is OCCN1CCN(CC2(O)CCCC2)CC1. The standard InChI is InChI=1S/C12H24N2O2/c15-10-9-13-5-7-14(8-6-13)11-12(16)3-1-2-4-12/h15-16H,1-11H2. The maximum Gasteiger partial charge on any atom is 0.0774 e. The summed E-state index contributed by atoms with van der Waals surface area (Å²) in [5.41, 5.74) is -0.404. The van der Waals surface area contributed by atoms with Gasteiger partial charge in [0.1, 0.15) is 0 Å². The fourth-order valence-corrected chi connectivity index (χ4v) is 2.92. The highest BCUT2D eigenvalue weighted by Gasteiger charge is 2.33. The van der Waals surface area contributed by atoms with Crippen molar-refractivity contribution in [2.45, 2.75) is 31.3 Å². The van der Waals surface area contributed by atoms with Crippen molar-refractivity contribution in [2.75, 3.05) is 45.9 Å². The zero-order chi connectivity index (χ0) is 11.4. The van der Waals surface area contributed by atoms with Crippen molar-refractivity contribution in [3.8, 4) is 0 Å². The van der Waals surface area contributed by atoms with E-state index in [0.29, 0.717) is 0 Å². The van der Waals surface area contributed by atoms with Crippen LogP contribution in [0.5, 0.6) is 0 Å². The van der Waals surface area contributed by atoms with E-state index in [1.165, 1.54) is 12.8 Å². The van der Waals surface area contributed by atoms with Crippen LogP contribution in [0.3, 0.4) is 0 Å². The number of hydrogen-bond acceptors (Lipinski definition) is 4. The van der Waals surface area contributed by atoms with Crippen molar-refractivity contribution < 1.29 is 10.2 Å². The third-order valence-corrected chi connectivity index (χ3v) is 3.93. The first-order valence-corrected chi connectivity index (χ1v) is 6.50. The Labute approximate surface area is 97.9 Å². The lowest BCUT2D eigenvalue weighted by molar-refractivity contribution is -0.00581. The van der Waals surface area contributed by atoms with Gasteiger partial charge in [-0.1, -0.05) is 12.8 Å². The van der Waals surface area contributed by atoms with Gasteiger partial charge in [0.15, 0.2) is 0 Å². The van der Waals surface area contributed by atoms with Crippen LogP contribution in [0.25, 0.3) is 0 Å². The molecule has 1 saturated carbocycles. The lowest BCUT2D eigenvalue weighted by Crippen LogP contribution is -2.51. The van der Waals surface area contributed by atoms with Crippen molar-refractivity contribution in [1.29, 1.82) is 0 Å². The number of rotatable bonds is 4. The molecule has 0 atom stereocenters. The first-order valence-electron chi connectivity index (χ1n) is 6.50. The Hall–Kier alpha value is -0.160. The smallest absolute Gasteiger partial charge is 0.0774 e. The molecule has 94 valence electrons. The molecule has 2 aliphatic rings. The summed E-state index contributed by atoms with van der Waals surface area (Å²) in [7, 11) is 0. The normalized spacial score (nSPS) is 27.4. The van der Waals surface area contributed by atoms with Crippen LogP contribution in [-0.2, 0) is 0 Å². The molecule has 0 unspecified atom stereocenters. The Balaban J connectivity index is 1.72. The summed E-state index contributed by atoms with van der Waals surface area (Å²) in [6, 6.07) is 0. The minimum atomic E-state index is -0.404. The number of β-amino-alcohol motifs (C(OH)–C–C–N with tert-alkyl or cyclic N) is 2. The van der Waals surface area contributed by atoms with Crippen LogP contribution in [-0.4, -0.2) is 71.5 Å². The van der Waals surface area contributed by atoms with Crippen LogP contribution in [0.2, 0.25) is 0 Å². The molecule has 0 aromatic heterocycles. The van der Waals surface area contributed by atoms with Crippen LogP contribution >= 0.6 is 0 Å². The second kappa shape index (κ2) is 5.45. The molecule has 1 aliphatic heterocycles. The first kappa shape index (κ1) is 12.3. The first-order chi connectivity index (χ1) is 7.72. The molecule has 1 saturated heterocycles. The van der Waals surface area contributed by atoms with Gasteiger partial charge in [-0.25, -0.2) is 0 Å². The highest BCUT2D eigenvalue weighted by molar-refractivity contribution is 4.88. The van der Waals surface area contributed by atoms with Gasteiger partial charge in [-0.2, -0.15) is 0 Å². The largest absolute Gasteiger partial charge is 0.395 e. The number of hydrogen-bond donors (Lipinski definition) is 2. The zero-order valence-electron chi connectivity index (χ0n) is 10.1. The summed E-state index contributed by atoms with van der Waals surface area (Å²) in [6.45, 7) is 6.00. The van der Waals surface area contributed by atoms with Crippen LogP contribution in [0.15, 0.2) is 0 Å². The molecule has 2 N–H and O–H groups in total. The maximum absolute atomic E-state index is 10.3. The van der Waals surface area contributed by atoms with E-state index < -0.39 is 5.60 Å². The number of piperazine rings is 1. The van der Waals surface area contributed by atoms with E-state index in [4.69, 9.17) is 5.11 Å². The third-order valence-electron chi connectivity index (χ3n) is 3.93. The predicted octanol–water partition coefficient (Wildman–Crippen LogP) is -0.0986. The van der Waals surface area contributed by atoms with E-state index >= 15 is 0 Å². The summed E-state index contributed by atoms with van der Waals surface area (Å²) in [6.07, 6.45) is 4.32. The zero-order valence-corrected chi connectivity index (χ0v) is 10.1. The molecule has 16 heavy (non-hydrogen) atoms. The Bertz CT molecular complexity index is 209.